The van der Waals surface area contributed by atoms with E-state index < -0.39 is 0 Å². The third-order valence-corrected chi connectivity index (χ3v) is 7.39. The lowest BCUT2D eigenvalue weighted by atomic mass is 9.75. The van der Waals surface area contributed by atoms with Crippen molar-refractivity contribution < 1.29 is 4.79 Å². The van der Waals surface area contributed by atoms with E-state index in [0.29, 0.717) is 23.9 Å². The Bertz CT molecular complexity index is 879. The van der Waals surface area contributed by atoms with Crippen LogP contribution in [0.25, 0.3) is 0 Å². The van der Waals surface area contributed by atoms with Crippen molar-refractivity contribution in [2.24, 2.45) is 5.92 Å². The molecule has 148 valence electrons. The number of likely N-dealkylation sites (tertiary alicyclic amines) is 1. The smallest absolute Gasteiger partial charge is 0.257 e. The molecule has 2 bridgehead atoms. The van der Waals surface area contributed by atoms with E-state index in [9.17, 15) is 4.79 Å². The Labute approximate surface area is 167 Å². The third-order valence-electron chi connectivity index (χ3n) is 7.39. The van der Waals surface area contributed by atoms with Crippen LogP contribution in [0.5, 0.6) is 0 Å². The van der Waals surface area contributed by atoms with Gasteiger partial charge in [-0.1, -0.05) is 29.8 Å². The highest BCUT2D eigenvalue weighted by atomic mass is 16.2. The summed E-state index contributed by atoms with van der Waals surface area (Å²) in [5, 5.41) is 4.42. The number of hydrogen-bond acceptors (Lipinski definition) is 3. The van der Waals surface area contributed by atoms with Crippen molar-refractivity contribution in [1.82, 2.24) is 19.6 Å². The van der Waals surface area contributed by atoms with Crippen LogP contribution in [0.4, 0.5) is 0 Å². The minimum absolute atomic E-state index is 0.176. The van der Waals surface area contributed by atoms with Crippen molar-refractivity contribution in [3.05, 3.63) is 52.8 Å². The van der Waals surface area contributed by atoms with Crippen molar-refractivity contribution in [2.45, 2.75) is 58.2 Å². The quantitative estimate of drug-likeness (QED) is 0.823. The molecule has 28 heavy (non-hydrogen) atoms. The van der Waals surface area contributed by atoms with Gasteiger partial charge in [-0.3, -0.25) is 14.4 Å². The molecule has 6 rings (SSSR count). The van der Waals surface area contributed by atoms with Crippen molar-refractivity contribution >= 4 is 5.91 Å². The first kappa shape index (κ1) is 17.9. The number of benzene rings is 1. The molecule has 1 amide bonds. The molecule has 4 fully saturated rings. The summed E-state index contributed by atoms with van der Waals surface area (Å²) >= 11 is 0. The fraction of sp³-hybridized carbons (Fsp3) is 0.565. The minimum atomic E-state index is 0.176. The van der Waals surface area contributed by atoms with Gasteiger partial charge in [-0.2, -0.15) is 5.10 Å². The molecule has 0 spiro atoms. The molecule has 0 N–H and O–H groups in total. The van der Waals surface area contributed by atoms with Crippen molar-refractivity contribution in [3.63, 3.8) is 0 Å². The average molecular weight is 379 g/mol. The van der Waals surface area contributed by atoms with Gasteiger partial charge in [-0.05, 0) is 58.2 Å². The molecule has 0 aliphatic carbocycles. The lowest BCUT2D eigenvalue weighted by molar-refractivity contribution is -0.00343. The van der Waals surface area contributed by atoms with E-state index in [1.807, 2.05) is 11.6 Å². The van der Waals surface area contributed by atoms with Gasteiger partial charge in [0, 0.05) is 30.7 Å². The molecule has 4 aliphatic heterocycles. The van der Waals surface area contributed by atoms with Crippen LogP contribution in [0.15, 0.2) is 30.5 Å². The Morgan fingerprint density at radius 2 is 1.82 bits per heavy atom. The maximum atomic E-state index is 13.6. The first-order valence-corrected chi connectivity index (χ1v) is 10.7. The van der Waals surface area contributed by atoms with Gasteiger partial charge in [-0.25, -0.2) is 0 Å². The van der Waals surface area contributed by atoms with Crippen molar-refractivity contribution in [3.8, 4) is 0 Å². The van der Waals surface area contributed by atoms with E-state index in [-0.39, 0.29) is 5.91 Å². The molecule has 1 aromatic heterocycles. The zero-order valence-electron chi connectivity index (χ0n) is 17.1. The summed E-state index contributed by atoms with van der Waals surface area (Å²) in [7, 11) is 0. The van der Waals surface area contributed by atoms with E-state index in [0.717, 1.165) is 24.3 Å². The monoisotopic (exact) mass is 378 g/mol. The SMILES string of the molecule is CCn1ncc(C(=O)N2C[C@H](c3ccc(C)cc3)[C@H]3[C@@H]2C2CCN3CC2)c1C. The van der Waals surface area contributed by atoms with Gasteiger partial charge in [0.1, 0.15) is 0 Å². The van der Waals surface area contributed by atoms with Crippen LogP contribution in [0.1, 0.15) is 52.9 Å². The summed E-state index contributed by atoms with van der Waals surface area (Å²) in [5.74, 6) is 1.21. The highest BCUT2D eigenvalue weighted by molar-refractivity contribution is 5.95. The summed E-state index contributed by atoms with van der Waals surface area (Å²) in [6, 6.07) is 9.76. The van der Waals surface area contributed by atoms with E-state index in [2.05, 4.69) is 53.0 Å². The zero-order valence-corrected chi connectivity index (χ0v) is 17.1. The normalized spacial score (nSPS) is 31.2. The number of amides is 1. The highest BCUT2D eigenvalue weighted by Crippen LogP contribution is 2.47. The number of aromatic nitrogens is 2. The Morgan fingerprint density at radius 3 is 2.46 bits per heavy atom. The van der Waals surface area contributed by atoms with Crippen LogP contribution in [0.3, 0.4) is 0 Å². The fourth-order valence-electron chi connectivity index (χ4n) is 5.89. The van der Waals surface area contributed by atoms with Crippen LogP contribution in [0, 0.1) is 19.8 Å². The largest absolute Gasteiger partial charge is 0.333 e. The number of carbonyl (C=O) groups is 1. The third kappa shape index (κ3) is 2.63. The van der Waals surface area contributed by atoms with Crippen LogP contribution < -0.4 is 0 Å². The highest BCUT2D eigenvalue weighted by Gasteiger charge is 2.54. The molecule has 0 saturated carbocycles. The molecular weight excluding hydrogens is 348 g/mol. The maximum absolute atomic E-state index is 13.6. The maximum Gasteiger partial charge on any atom is 0.257 e. The molecule has 5 heterocycles. The van der Waals surface area contributed by atoms with Crippen LogP contribution in [-0.2, 0) is 6.54 Å². The second-order valence-corrected chi connectivity index (χ2v) is 8.79. The van der Waals surface area contributed by atoms with Gasteiger partial charge in [0.05, 0.1) is 17.8 Å². The molecule has 2 aromatic rings. The lowest BCUT2D eigenvalue weighted by Gasteiger charge is -2.51. The van der Waals surface area contributed by atoms with Gasteiger partial charge in [0.2, 0.25) is 0 Å². The summed E-state index contributed by atoms with van der Waals surface area (Å²) in [6.07, 6.45) is 4.22. The first-order chi connectivity index (χ1) is 13.6. The number of hydrogen-bond donors (Lipinski definition) is 0. The molecule has 4 saturated heterocycles. The Morgan fingerprint density at radius 1 is 1.11 bits per heavy atom. The van der Waals surface area contributed by atoms with Crippen molar-refractivity contribution in [1.29, 1.82) is 0 Å². The predicted molar refractivity (Wildman–Crippen MR) is 109 cm³/mol. The number of fused-ring (bicyclic) bond motifs is 2. The van der Waals surface area contributed by atoms with Crippen LogP contribution >= 0.6 is 0 Å². The standard InChI is InChI=1S/C23H30N4O/c1-4-27-16(3)19(13-24-27)23(28)26-14-20(17-7-5-15(2)6-8-17)22-21(26)18-9-11-25(22)12-10-18/h5-8,13,18,20-22H,4,9-12,14H2,1-3H3/t20-,21+,22+/m1/s1. The van der Waals surface area contributed by atoms with E-state index in [4.69, 9.17) is 0 Å². The molecule has 0 radical (unpaired) electrons. The van der Waals surface area contributed by atoms with Gasteiger partial charge >= 0.3 is 0 Å². The lowest BCUT2D eigenvalue weighted by Crippen LogP contribution is -2.60. The van der Waals surface area contributed by atoms with E-state index in [1.54, 1.807) is 6.20 Å². The predicted octanol–water partition coefficient (Wildman–Crippen LogP) is 3.22. The zero-order chi connectivity index (χ0) is 19.4. The molecule has 4 aliphatic rings. The summed E-state index contributed by atoms with van der Waals surface area (Å²) in [4.78, 5) is 18.5. The summed E-state index contributed by atoms with van der Waals surface area (Å²) in [6.45, 7) is 10.2. The molecule has 5 heteroatoms. The first-order valence-electron chi connectivity index (χ1n) is 10.7. The van der Waals surface area contributed by atoms with E-state index in [1.165, 1.54) is 37.1 Å². The Balaban J connectivity index is 1.52. The molecular formula is C23H30N4O. The number of rotatable bonds is 3. The number of piperidine rings is 3. The topological polar surface area (TPSA) is 41.4 Å². The Hall–Kier alpha value is -2.14. The minimum Gasteiger partial charge on any atom is -0.333 e. The van der Waals surface area contributed by atoms with Crippen LogP contribution in [0.2, 0.25) is 0 Å². The fourth-order valence-corrected chi connectivity index (χ4v) is 5.89. The molecule has 1 aromatic carbocycles. The number of aryl methyl sites for hydroxylation is 2. The summed E-state index contributed by atoms with van der Waals surface area (Å²) in [5.41, 5.74) is 4.44. The molecule has 3 atom stereocenters. The average Bonchev–Trinajstić information content (AvgIpc) is 3.31. The van der Waals surface area contributed by atoms with Gasteiger partial charge in [0.25, 0.3) is 5.91 Å². The van der Waals surface area contributed by atoms with Gasteiger partial charge in [0.15, 0.2) is 0 Å². The second-order valence-electron chi connectivity index (χ2n) is 8.79. The summed E-state index contributed by atoms with van der Waals surface area (Å²) < 4.78 is 1.93. The second kappa shape index (κ2) is 6.73. The van der Waals surface area contributed by atoms with Crippen LogP contribution in [-0.4, -0.2) is 57.2 Å². The number of nitrogens with zero attached hydrogens (tertiary/aromatic N) is 4. The molecule has 0 unspecified atom stereocenters. The molecule has 5 nitrogen and oxygen atoms in total. The van der Waals surface area contributed by atoms with Crippen molar-refractivity contribution in [2.75, 3.05) is 19.6 Å². The van der Waals surface area contributed by atoms with Gasteiger partial charge in [-0.15, -0.1) is 0 Å². The Kier molecular flexibility index (Phi) is 4.31. The number of carbonyl (C=O) groups excluding carboxylic acids is 1. The van der Waals surface area contributed by atoms with Gasteiger partial charge < -0.3 is 4.90 Å². The van der Waals surface area contributed by atoms with E-state index >= 15 is 0 Å².